The van der Waals surface area contributed by atoms with Crippen LogP contribution in [0.25, 0.3) is 0 Å². The highest BCUT2D eigenvalue weighted by atomic mass is 32.1. The van der Waals surface area contributed by atoms with E-state index in [4.69, 9.17) is 0 Å². The third kappa shape index (κ3) is 4.44. The van der Waals surface area contributed by atoms with Crippen LogP contribution in [0.3, 0.4) is 0 Å². The van der Waals surface area contributed by atoms with Crippen LogP contribution in [0, 0.1) is 23.2 Å². The van der Waals surface area contributed by atoms with Gasteiger partial charge in [0.25, 0.3) is 0 Å². The fraction of sp³-hybridized carbons (Fsp3) is 0.739. The molecule has 0 radical (unpaired) electrons. The average molecular weight is 400 g/mol. The largest absolute Gasteiger partial charge is 0.348 e. The second-order valence-electron chi connectivity index (χ2n) is 9.20. The van der Waals surface area contributed by atoms with Gasteiger partial charge in [0.15, 0.2) is 0 Å². The average Bonchev–Trinajstić information content (AvgIpc) is 3.28. The molecule has 1 amide bonds. The SMILES string of the molecule is CC1CC2CCC(C1)N2CC[C@H](NC(=O)C1CCCCC1)c1ccc(C#N)s1. The van der Waals surface area contributed by atoms with Crippen LogP contribution in [0.15, 0.2) is 12.1 Å². The molecule has 3 atom stereocenters. The first-order chi connectivity index (χ1) is 13.6. The molecule has 3 aliphatic rings. The molecule has 1 aromatic rings. The van der Waals surface area contributed by atoms with Crippen molar-refractivity contribution in [1.82, 2.24) is 10.2 Å². The van der Waals surface area contributed by atoms with E-state index >= 15 is 0 Å². The fourth-order valence-electron chi connectivity index (χ4n) is 5.73. The monoisotopic (exact) mass is 399 g/mol. The Balaban J connectivity index is 1.42. The normalized spacial score (nSPS) is 29.4. The molecule has 0 spiro atoms. The highest BCUT2D eigenvalue weighted by Crippen LogP contribution is 2.39. The molecule has 4 nitrogen and oxygen atoms in total. The summed E-state index contributed by atoms with van der Waals surface area (Å²) in [5.41, 5.74) is 0. The lowest BCUT2D eigenvalue weighted by Crippen LogP contribution is -2.44. The highest BCUT2D eigenvalue weighted by Gasteiger charge is 2.39. The van der Waals surface area contributed by atoms with Crippen LogP contribution in [-0.4, -0.2) is 29.4 Å². The first-order valence-electron chi connectivity index (χ1n) is 11.2. The topological polar surface area (TPSA) is 56.1 Å². The number of nitrogens with one attached hydrogen (secondary N) is 1. The lowest BCUT2D eigenvalue weighted by atomic mass is 9.88. The molecule has 2 unspecified atom stereocenters. The van der Waals surface area contributed by atoms with Gasteiger partial charge < -0.3 is 5.32 Å². The Morgan fingerprint density at radius 3 is 2.57 bits per heavy atom. The summed E-state index contributed by atoms with van der Waals surface area (Å²) in [4.78, 5) is 17.5. The van der Waals surface area contributed by atoms with Crippen molar-refractivity contribution in [2.75, 3.05) is 6.54 Å². The number of hydrogen-bond acceptors (Lipinski definition) is 4. The van der Waals surface area contributed by atoms with Crippen LogP contribution < -0.4 is 5.32 Å². The summed E-state index contributed by atoms with van der Waals surface area (Å²) in [6, 6.07) is 7.70. The minimum absolute atomic E-state index is 0.0419. The van der Waals surface area contributed by atoms with Gasteiger partial charge in [0, 0.05) is 29.4 Å². The van der Waals surface area contributed by atoms with Crippen molar-refractivity contribution in [3.05, 3.63) is 21.9 Å². The van der Waals surface area contributed by atoms with Gasteiger partial charge in [-0.1, -0.05) is 26.2 Å². The summed E-state index contributed by atoms with van der Waals surface area (Å²) in [7, 11) is 0. The number of carbonyl (C=O) groups is 1. The molecule has 2 aliphatic heterocycles. The van der Waals surface area contributed by atoms with Crippen molar-refractivity contribution in [2.45, 2.75) is 89.3 Å². The minimum atomic E-state index is 0.0419. The van der Waals surface area contributed by atoms with Gasteiger partial charge >= 0.3 is 0 Å². The molecule has 3 heterocycles. The van der Waals surface area contributed by atoms with E-state index in [0.717, 1.165) is 53.6 Å². The maximum absolute atomic E-state index is 12.9. The van der Waals surface area contributed by atoms with E-state index in [1.807, 2.05) is 12.1 Å². The van der Waals surface area contributed by atoms with Crippen LogP contribution >= 0.6 is 11.3 Å². The van der Waals surface area contributed by atoms with Gasteiger partial charge in [-0.05, 0) is 63.0 Å². The molecule has 2 saturated heterocycles. The summed E-state index contributed by atoms with van der Waals surface area (Å²) < 4.78 is 0. The Morgan fingerprint density at radius 2 is 1.93 bits per heavy atom. The number of fused-ring (bicyclic) bond motifs is 2. The molecule has 3 fully saturated rings. The van der Waals surface area contributed by atoms with E-state index in [1.54, 1.807) is 0 Å². The second-order valence-corrected chi connectivity index (χ2v) is 10.3. The van der Waals surface area contributed by atoms with Crippen LogP contribution in [0.2, 0.25) is 0 Å². The maximum Gasteiger partial charge on any atom is 0.223 e. The third-order valence-electron chi connectivity index (χ3n) is 7.17. The first-order valence-corrected chi connectivity index (χ1v) is 12.0. The van der Waals surface area contributed by atoms with Gasteiger partial charge in [-0.25, -0.2) is 0 Å². The Hall–Kier alpha value is -1.38. The van der Waals surface area contributed by atoms with Crippen molar-refractivity contribution in [1.29, 1.82) is 5.26 Å². The lowest BCUT2D eigenvalue weighted by molar-refractivity contribution is -0.126. The van der Waals surface area contributed by atoms with Gasteiger partial charge in [-0.15, -0.1) is 11.3 Å². The molecule has 28 heavy (non-hydrogen) atoms. The predicted octanol–water partition coefficient (Wildman–Crippen LogP) is 5.01. The zero-order valence-corrected chi connectivity index (χ0v) is 17.8. The van der Waals surface area contributed by atoms with Crippen molar-refractivity contribution in [2.24, 2.45) is 11.8 Å². The zero-order chi connectivity index (χ0) is 19.5. The summed E-state index contributed by atoms with van der Waals surface area (Å²) in [5, 5.41) is 12.6. The summed E-state index contributed by atoms with van der Waals surface area (Å²) >= 11 is 1.54. The number of rotatable bonds is 6. The second kappa shape index (κ2) is 8.97. The molecule has 1 aromatic heterocycles. The number of thiophene rings is 1. The van der Waals surface area contributed by atoms with E-state index in [0.29, 0.717) is 0 Å². The van der Waals surface area contributed by atoms with E-state index in [2.05, 4.69) is 23.2 Å². The summed E-state index contributed by atoms with van der Waals surface area (Å²) in [6.45, 7) is 3.45. The van der Waals surface area contributed by atoms with Crippen molar-refractivity contribution in [3.63, 3.8) is 0 Å². The van der Waals surface area contributed by atoms with Gasteiger partial charge in [-0.3, -0.25) is 9.69 Å². The molecule has 2 bridgehead atoms. The number of nitrogens with zero attached hydrogens (tertiary/aromatic N) is 2. The van der Waals surface area contributed by atoms with E-state index in [9.17, 15) is 10.1 Å². The number of piperidine rings is 1. The summed E-state index contributed by atoms with van der Waals surface area (Å²) in [5.74, 6) is 1.26. The number of hydrogen-bond donors (Lipinski definition) is 1. The third-order valence-corrected chi connectivity index (χ3v) is 8.27. The Labute approximate surface area is 173 Å². The number of amides is 1. The van der Waals surface area contributed by atoms with Crippen molar-refractivity contribution in [3.8, 4) is 6.07 Å². The van der Waals surface area contributed by atoms with Gasteiger partial charge in [0.2, 0.25) is 5.91 Å². The first kappa shape index (κ1) is 19.9. The van der Waals surface area contributed by atoms with Gasteiger partial charge in [0.1, 0.15) is 10.9 Å². The molecule has 1 aliphatic carbocycles. The minimum Gasteiger partial charge on any atom is -0.348 e. The molecule has 1 N–H and O–H groups in total. The van der Waals surface area contributed by atoms with Crippen LogP contribution in [0.1, 0.15) is 86.9 Å². The smallest absolute Gasteiger partial charge is 0.223 e. The van der Waals surface area contributed by atoms with Crippen molar-refractivity contribution >= 4 is 17.2 Å². The molecule has 1 saturated carbocycles. The Kier molecular flexibility index (Phi) is 6.38. The maximum atomic E-state index is 12.9. The van der Waals surface area contributed by atoms with E-state index in [1.165, 1.54) is 56.3 Å². The van der Waals surface area contributed by atoms with Crippen LogP contribution in [-0.2, 0) is 4.79 Å². The molecule has 5 heteroatoms. The highest BCUT2D eigenvalue weighted by molar-refractivity contribution is 7.12. The molecule has 152 valence electrons. The molecule has 4 rings (SSSR count). The lowest BCUT2D eigenvalue weighted by Gasteiger charge is -2.38. The van der Waals surface area contributed by atoms with Crippen LogP contribution in [0.4, 0.5) is 0 Å². The summed E-state index contributed by atoms with van der Waals surface area (Å²) in [6.07, 6.45) is 12.0. The number of carbonyl (C=O) groups excluding carboxylic acids is 1. The molecular formula is C23H33N3OS. The van der Waals surface area contributed by atoms with Crippen molar-refractivity contribution < 1.29 is 4.79 Å². The Morgan fingerprint density at radius 1 is 1.21 bits per heavy atom. The Bertz CT molecular complexity index is 704. The molecular weight excluding hydrogens is 366 g/mol. The zero-order valence-electron chi connectivity index (χ0n) is 17.0. The standard InChI is InChI=1S/C23H33N3OS/c1-16-13-18-7-8-19(14-16)26(18)12-11-21(22-10-9-20(15-24)28-22)25-23(27)17-5-3-2-4-6-17/h9-10,16-19,21H,2-8,11-14H2,1H3,(H,25,27)/t16?,18?,19?,21-/m0/s1. The van der Waals surface area contributed by atoms with E-state index < -0.39 is 0 Å². The van der Waals surface area contributed by atoms with Gasteiger partial charge in [-0.2, -0.15) is 5.26 Å². The van der Waals surface area contributed by atoms with Gasteiger partial charge in [0.05, 0.1) is 6.04 Å². The quantitative estimate of drug-likeness (QED) is 0.731. The number of nitriles is 1. The van der Waals surface area contributed by atoms with E-state index in [-0.39, 0.29) is 17.9 Å². The fourth-order valence-corrected chi connectivity index (χ4v) is 6.62. The van der Waals surface area contributed by atoms with Crippen LogP contribution in [0.5, 0.6) is 0 Å². The molecule has 0 aromatic carbocycles. The predicted molar refractivity (Wildman–Crippen MR) is 113 cm³/mol.